The number of hydrogen-bond donors (Lipinski definition) is 1. The number of nitrogens with zero attached hydrogens (tertiary/aromatic N) is 1. The number of carboxylic acid groups (broad SMARTS) is 1. The van der Waals surface area contributed by atoms with Gasteiger partial charge >= 0.3 is 12.1 Å². The van der Waals surface area contributed by atoms with Crippen molar-refractivity contribution in [3.05, 3.63) is 107 Å². The lowest BCUT2D eigenvalue weighted by molar-refractivity contribution is -0.153. The number of carboxylic acids is 1. The molecular weight excluding hydrogens is 563 g/mol. The standard InChI is InChI=1S/C29H26F3NO5S2/c1-19-5-3-6-20(2)28(19)39-33(17-24-13-14-26(38-24)29(30,31)32)16-21-9-11-22(12-10-21)23-7-4-8-25(15-23)40(36,37)18-27(34)35/h3-15H,16-18H2,1-2H3,(H,34,35). The predicted molar refractivity (Wildman–Crippen MR) is 146 cm³/mol. The lowest BCUT2D eigenvalue weighted by Crippen LogP contribution is -2.15. The van der Waals surface area contributed by atoms with Gasteiger partial charge in [-0.1, -0.05) is 54.6 Å². The number of rotatable bonds is 10. The molecule has 0 spiro atoms. The van der Waals surface area contributed by atoms with Crippen molar-refractivity contribution in [1.29, 1.82) is 0 Å². The van der Waals surface area contributed by atoms with Crippen LogP contribution in [0, 0.1) is 13.8 Å². The van der Waals surface area contributed by atoms with Crippen LogP contribution in [0.2, 0.25) is 0 Å². The minimum Gasteiger partial charge on any atom is -0.480 e. The number of hydrogen-bond acceptors (Lipinski definition) is 6. The number of furan rings is 1. The van der Waals surface area contributed by atoms with Gasteiger partial charge in [-0.2, -0.15) is 13.2 Å². The third-order valence-electron chi connectivity index (χ3n) is 6.06. The molecule has 1 N–H and O–H groups in total. The van der Waals surface area contributed by atoms with Gasteiger partial charge in [-0.15, -0.1) is 0 Å². The minimum absolute atomic E-state index is 0.0793. The summed E-state index contributed by atoms with van der Waals surface area (Å²) in [7, 11) is -3.98. The molecular formula is C29H26F3NO5S2. The van der Waals surface area contributed by atoms with Crippen LogP contribution in [0.5, 0.6) is 0 Å². The number of halogens is 3. The van der Waals surface area contributed by atoms with Gasteiger partial charge in [-0.05, 0) is 77.9 Å². The Hall–Kier alpha value is -3.54. The third kappa shape index (κ3) is 7.35. The average Bonchev–Trinajstić information content (AvgIpc) is 3.35. The van der Waals surface area contributed by atoms with Crippen molar-refractivity contribution in [1.82, 2.24) is 4.31 Å². The van der Waals surface area contributed by atoms with Crippen LogP contribution in [0.3, 0.4) is 0 Å². The molecule has 1 heterocycles. The van der Waals surface area contributed by atoms with Gasteiger partial charge in [0.1, 0.15) is 5.76 Å². The topological polar surface area (TPSA) is 87.8 Å². The molecule has 210 valence electrons. The summed E-state index contributed by atoms with van der Waals surface area (Å²) in [6.07, 6.45) is -4.57. The molecule has 0 bridgehead atoms. The van der Waals surface area contributed by atoms with E-state index in [1.54, 1.807) is 12.1 Å². The van der Waals surface area contributed by atoms with Crippen LogP contribution in [-0.4, -0.2) is 29.6 Å². The maximum absolute atomic E-state index is 13.1. The lowest BCUT2D eigenvalue weighted by atomic mass is 10.0. The van der Waals surface area contributed by atoms with Crippen LogP contribution in [0.15, 0.2) is 93.1 Å². The normalized spacial score (nSPS) is 12.2. The zero-order chi connectivity index (χ0) is 29.1. The van der Waals surface area contributed by atoms with Crippen LogP contribution in [-0.2, 0) is 33.9 Å². The van der Waals surface area contributed by atoms with Gasteiger partial charge in [-0.25, -0.2) is 12.7 Å². The molecule has 0 aliphatic heterocycles. The quantitative estimate of drug-likeness (QED) is 0.197. The van der Waals surface area contributed by atoms with Crippen LogP contribution in [0.4, 0.5) is 13.2 Å². The zero-order valence-corrected chi connectivity index (χ0v) is 23.2. The van der Waals surface area contributed by atoms with Crippen molar-refractivity contribution in [3.63, 3.8) is 0 Å². The Bertz CT molecular complexity index is 1590. The van der Waals surface area contributed by atoms with Crippen molar-refractivity contribution in [2.75, 3.05) is 5.75 Å². The summed E-state index contributed by atoms with van der Waals surface area (Å²) < 4.78 is 71.0. The highest BCUT2D eigenvalue weighted by Crippen LogP contribution is 2.35. The van der Waals surface area contributed by atoms with Gasteiger partial charge in [0.2, 0.25) is 5.76 Å². The maximum atomic E-state index is 13.1. The smallest absolute Gasteiger partial charge is 0.449 e. The Balaban J connectivity index is 1.58. The number of aryl methyl sites for hydroxylation is 2. The SMILES string of the molecule is Cc1cccc(C)c1SN(Cc1ccc(-c2cccc(S(=O)(=O)CC(=O)O)c2)cc1)Cc1ccc(C(F)(F)F)o1. The van der Waals surface area contributed by atoms with Crippen molar-refractivity contribution < 1.29 is 35.9 Å². The molecule has 0 amide bonds. The van der Waals surface area contributed by atoms with E-state index in [2.05, 4.69) is 0 Å². The fourth-order valence-corrected chi connectivity index (χ4v) is 6.27. The summed E-state index contributed by atoms with van der Waals surface area (Å²) in [4.78, 5) is 11.9. The van der Waals surface area contributed by atoms with E-state index < -0.39 is 33.5 Å². The van der Waals surface area contributed by atoms with Gasteiger partial charge in [-0.3, -0.25) is 4.79 Å². The molecule has 0 fully saturated rings. The molecule has 0 radical (unpaired) electrons. The molecule has 0 unspecified atom stereocenters. The molecule has 3 aromatic carbocycles. The first-order valence-electron chi connectivity index (χ1n) is 12.1. The zero-order valence-electron chi connectivity index (χ0n) is 21.6. The van der Waals surface area contributed by atoms with Gasteiger partial charge < -0.3 is 9.52 Å². The predicted octanol–water partition coefficient (Wildman–Crippen LogP) is 7.15. The van der Waals surface area contributed by atoms with Gasteiger partial charge in [0, 0.05) is 11.4 Å². The van der Waals surface area contributed by atoms with Crippen molar-refractivity contribution >= 4 is 27.8 Å². The average molecular weight is 590 g/mol. The molecule has 0 saturated heterocycles. The Labute approximate surface area is 234 Å². The fourth-order valence-electron chi connectivity index (χ4n) is 4.10. The second kappa shape index (κ2) is 11.9. The summed E-state index contributed by atoms with van der Waals surface area (Å²) in [5.74, 6) is -3.29. The Morgan fingerprint density at radius 2 is 1.55 bits per heavy atom. The fraction of sp³-hybridized carbons (Fsp3) is 0.207. The molecule has 11 heteroatoms. The van der Waals surface area contributed by atoms with Crippen LogP contribution >= 0.6 is 11.9 Å². The van der Waals surface area contributed by atoms with E-state index >= 15 is 0 Å². The number of alkyl halides is 3. The molecule has 1 aromatic heterocycles. The summed E-state index contributed by atoms with van der Waals surface area (Å²) >= 11 is 1.44. The highest BCUT2D eigenvalue weighted by molar-refractivity contribution is 7.97. The Morgan fingerprint density at radius 1 is 0.900 bits per heavy atom. The monoisotopic (exact) mass is 589 g/mol. The molecule has 4 aromatic rings. The van der Waals surface area contributed by atoms with Gasteiger partial charge in [0.15, 0.2) is 15.6 Å². The minimum atomic E-state index is -4.57. The van der Waals surface area contributed by atoms with E-state index in [4.69, 9.17) is 9.52 Å². The Morgan fingerprint density at radius 3 is 2.15 bits per heavy atom. The molecule has 0 aliphatic carbocycles. The molecule has 0 aliphatic rings. The van der Waals surface area contributed by atoms with Crippen molar-refractivity contribution in [2.24, 2.45) is 0 Å². The second-order valence-electron chi connectivity index (χ2n) is 9.25. The largest absolute Gasteiger partial charge is 0.480 e. The highest BCUT2D eigenvalue weighted by atomic mass is 32.2. The molecule has 4 rings (SSSR count). The van der Waals surface area contributed by atoms with E-state index in [0.717, 1.165) is 33.2 Å². The first-order chi connectivity index (χ1) is 18.8. The number of benzene rings is 3. The summed E-state index contributed by atoms with van der Waals surface area (Å²) in [6.45, 7) is 4.46. The van der Waals surface area contributed by atoms with Crippen LogP contribution < -0.4 is 0 Å². The van der Waals surface area contributed by atoms with Gasteiger partial charge in [0.25, 0.3) is 0 Å². The van der Waals surface area contributed by atoms with Crippen LogP contribution in [0.1, 0.15) is 28.2 Å². The Kier molecular flexibility index (Phi) is 8.77. The van der Waals surface area contributed by atoms with Crippen molar-refractivity contribution in [2.45, 2.75) is 42.9 Å². The summed E-state index contributed by atoms with van der Waals surface area (Å²) in [5.41, 5.74) is 4.29. The number of aliphatic carboxylic acids is 1. The molecule has 6 nitrogen and oxygen atoms in total. The molecule has 40 heavy (non-hydrogen) atoms. The second-order valence-corrected chi connectivity index (χ2v) is 12.3. The summed E-state index contributed by atoms with van der Waals surface area (Å²) in [6, 6.07) is 21.6. The van der Waals surface area contributed by atoms with E-state index in [0.29, 0.717) is 12.1 Å². The van der Waals surface area contributed by atoms with E-state index in [1.165, 1.54) is 30.1 Å². The summed E-state index contributed by atoms with van der Waals surface area (Å²) in [5, 5.41) is 8.91. The van der Waals surface area contributed by atoms with Gasteiger partial charge in [0.05, 0.1) is 11.4 Å². The highest BCUT2D eigenvalue weighted by Gasteiger charge is 2.35. The lowest BCUT2D eigenvalue weighted by Gasteiger charge is -2.22. The van der Waals surface area contributed by atoms with E-state index in [-0.39, 0.29) is 17.2 Å². The number of sulfone groups is 1. The maximum Gasteiger partial charge on any atom is 0.449 e. The van der Waals surface area contributed by atoms with Crippen LogP contribution in [0.25, 0.3) is 11.1 Å². The third-order valence-corrected chi connectivity index (χ3v) is 9.00. The molecule has 0 atom stereocenters. The first kappa shape index (κ1) is 29.4. The molecule has 0 saturated carbocycles. The van der Waals surface area contributed by atoms with E-state index in [9.17, 15) is 26.4 Å². The van der Waals surface area contributed by atoms with Crippen molar-refractivity contribution in [3.8, 4) is 11.1 Å². The number of carbonyl (C=O) groups is 1. The van der Waals surface area contributed by atoms with E-state index in [1.807, 2.05) is 60.6 Å². The first-order valence-corrected chi connectivity index (χ1v) is 14.5.